The Morgan fingerprint density at radius 3 is 2.32 bits per heavy atom. The Kier molecular flexibility index (Phi) is 5.00. The molecule has 0 atom stereocenters. The maximum absolute atomic E-state index is 13.4. The average Bonchev–Trinajstić information content (AvgIpc) is 3.35. The minimum absolute atomic E-state index is 0.00897. The summed E-state index contributed by atoms with van der Waals surface area (Å²) in [5, 5.41) is 4.63. The number of hydrogen-bond donors (Lipinski definition) is 0. The molecule has 0 N–H and O–H groups in total. The highest BCUT2D eigenvalue weighted by Crippen LogP contribution is 2.25. The third-order valence-electron chi connectivity index (χ3n) is 5.28. The van der Waals surface area contributed by atoms with Crippen molar-refractivity contribution in [1.29, 1.82) is 0 Å². The Labute approximate surface area is 163 Å². The summed E-state index contributed by atoms with van der Waals surface area (Å²) in [5.74, 6) is 0.364. The molecule has 3 aromatic rings. The molecule has 1 amide bonds. The van der Waals surface area contributed by atoms with Gasteiger partial charge in [-0.1, -0.05) is 6.92 Å². The van der Waals surface area contributed by atoms with Gasteiger partial charge in [0.15, 0.2) is 5.82 Å². The van der Waals surface area contributed by atoms with E-state index in [0.717, 1.165) is 19.6 Å². The maximum Gasteiger partial charge on any atom is 0.259 e. The van der Waals surface area contributed by atoms with E-state index in [4.69, 9.17) is 0 Å². The summed E-state index contributed by atoms with van der Waals surface area (Å²) in [6.45, 7) is 8.16. The largest absolute Gasteiger partial charge is 0.336 e. The Morgan fingerprint density at radius 1 is 1.07 bits per heavy atom. The highest BCUT2D eigenvalue weighted by atomic mass is 19.1. The fourth-order valence-corrected chi connectivity index (χ4v) is 3.67. The molecule has 4 rings (SSSR count). The van der Waals surface area contributed by atoms with Crippen molar-refractivity contribution in [2.45, 2.75) is 13.8 Å². The van der Waals surface area contributed by atoms with Crippen LogP contribution in [0.4, 0.5) is 4.39 Å². The van der Waals surface area contributed by atoms with E-state index < -0.39 is 0 Å². The molecular formula is C21H24FN5O. The fraction of sp³-hybridized carbons (Fsp3) is 0.333. The Morgan fingerprint density at radius 2 is 1.71 bits per heavy atom. The number of piperazine rings is 1. The molecule has 1 fully saturated rings. The van der Waals surface area contributed by atoms with Gasteiger partial charge in [0.2, 0.25) is 0 Å². The third-order valence-corrected chi connectivity index (χ3v) is 5.28. The summed E-state index contributed by atoms with van der Waals surface area (Å²) in [6, 6.07) is 9.96. The molecule has 0 saturated carbocycles. The zero-order valence-electron chi connectivity index (χ0n) is 16.2. The molecule has 6 nitrogen and oxygen atoms in total. The van der Waals surface area contributed by atoms with Crippen molar-refractivity contribution in [1.82, 2.24) is 24.1 Å². The molecule has 1 aromatic carbocycles. The van der Waals surface area contributed by atoms with Crippen LogP contribution in [-0.2, 0) is 0 Å². The number of likely N-dealkylation sites (N-methyl/N-ethyl adjacent to an activating group) is 1. The van der Waals surface area contributed by atoms with Crippen LogP contribution in [0.5, 0.6) is 0 Å². The van der Waals surface area contributed by atoms with E-state index >= 15 is 0 Å². The van der Waals surface area contributed by atoms with Crippen LogP contribution in [0.1, 0.15) is 23.0 Å². The first-order chi connectivity index (χ1) is 13.6. The number of halogens is 1. The molecule has 1 aliphatic rings. The number of carbonyl (C=O) groups excluding carboxylic acids is 1. The van der Waals surface area contributed by atoms with Gasteiger partial charge in [0, 0.05) is 38.6 Å². The third kappa shape index (κ3) is 3.33. The molecule has 7 heteroatoms. The number of aryl methyl sites for hydroxylation is 1. The van der Waals surface area contributed by atoms with E-state index in [1.54, 1.807) is 16.8 Å². The number of amides is 1. The van der Waals surface area contributed by atoms with E-state index in [1.807, 2.05) is 40.9 Å². The fourth-order valence-electron chi connectivity index (χ4n) is 3.67. The van der Waals surface area contributed by atoms with E-state index in [2.05, 4.69) is 16.9 Å². The topological polar surface area (TPSA) is 46.3 Å². The zero-order valence-corrected chi connectivity index (χ0v) is 16.2. The van der Waals surface area contributed by atoms with E-state index in [1.165, 1.54) is 12.1 Å². The molecule has 3 heterocycles. The van der Waals surface area contributed by atoms with E-state index in [-0.39, 0.29) is 11.7 Å². The summed E-state index contributed by atoms with van der Waals surface area (Å²) in [5.41, 5.74) is 1.96. The summed E-state index contributed by atoms with van der Waals surface area (Å²) < 4.78 is 17.0. The summed E-state index contributed by atoms with van der Waals surface area (Å²) in [4.78, 5) is 17.7. The number of nitrogens with zero attached hydrogens (tertiary/aromatic N) is 5. The lowest BCUT2D eigenvalue weighted by molar-refractivity contribution is 0.0642. The lowest BCUT2D eigenvalue weighted by atomic mass is 10.2. The van der Waals surface area contributed by atoms with Crippen molar-refractivity contribution in [3.05, 3.63) is 65.9 Å². The molecule has 146 valence electrons. The van der Waals surface area contributed by atoms with Crippen LogP contribution in [0.3, 0.4) is 0 Å². The van der Waals surface area contributed by atoms with Gasteiger partial charge < -0.3 is 14.4 Å². The Balaban J connectivity index is 1.77. The van der Waals surface area contributed by atoms with Crippen LogP contribution in [0.2, 0.25) is 0 Å². The van der Waals surface area contributed by atoms with Crippen LogP contribution in [0.25, 0.3) is 11.5 Å². The highest BCUT2D eigenvalue weighted by Gasteiger charge is 2.29. The lowest BCUT2D eigenvalue weighted by Gasteiger charge is -2.34. The molecule has 1 saturated heterocycles. The van der Waals surface area contributed by atoms with Gasteiger partial charge in [-0.05, 0) is 49.9 Å². The predicted octanol–water partition coefficient (Wildman–Crippen LogP) is 2.89. The van der Waals surface area contributed by atoms with Gasteiger partial charge in [-0.25, -0.2) is 9.07 Å². The first kappa shape index (κ1) is 18.4. The van der Waals surface area contributed by atoms with E-state index in [9.17, 15) is 9.18 Å². The van der Waals surface area contributed by atoms with Crippen LogP contribution in [-0.4, -0.2) is 62.8 Å². The number of carbonyl (C=O) groups is 1. The van der Waals surface area contributed by atoms with Crippen molar-refractivity contribution in [2.24, 2.45) is 0 Å². The molecule has 0 radical (unpaired) electrons. The summed E-state index contributed by atoms with van der Waals surface area (Å²) >= 11 is 0. The highest BCUT2D eigenvalue weighted by molar-refractivity contribution is 5.98. The van der Waals surface area contributed by atoms with Crippen molar-refractivity contribution in [2.75, 3.05) is 32.7 Å². The molecule has 0 unspecified atom stereocenters. The normalized spacial score (nSPS) is 15.2. The van der Waals surface area contributed by atoms with Crippen molar-refractivity contribution in [3.63, 3.8) is 0 Å². The summed E-state index contributed by atoms with van der Waals surface area (Å²) in [7, 11) is 0. The van der Waals surface area contributed by atoms with E-state index in [0.29, 0.717) is 35.9 Å². The molecule has 28 heavy (non-hydrogen) atoms. The number of rotatable bonds is 4. The molecule has 0 aliphatic carbocycles. The van der Waals surface area contributed by atoms with Gasteiger partial charge in [0.05, 0.1) is 11.4 Å². The maximum atomic E-state index is 13.4. The molecule has 0 bridgehead atoms. The molecule has 1 aliphatic heterocycles. The lowest BCUT2D eigenvalue weighted by Crippen LogP contribution is -2.48. The average molecular weight is 381 g/mol. The van der Waals surface area contributed by atoms with Gasteiger partial charge in [0.1, 0.15) is 11.4 Å². The van der Waals surface area contributed by atoms with Gasteiger partial charge in [-0.15, -0.1) is 0 Å². The number of benzene rings is 1. The van der Waals surface area contributed by atoms with Crippen molar-refractivity contribution >= 4 is 5.91 Å². The van der Waals surface area contributed by atoms with Gasteiger partial charge in [0.25, 0.3) is 5.91 Å². The Hall–Kier alpha value is -2.93. The van der Waals surface area contributed by atoms with Gasteiger partial charge in [-0.2, -0.15) is 5.10 Å². The van der Waals surface area contributed by atoms with Crippen molar-refractivity contribution in [3.8, 4) is 11.5 Å². The molecule has 2 aromatic heterocycles. The number of aromatic nitrogens is 3. The SMILES string of the molecule is CCN1CCN(C(=O)c2c(C)nn(-c3ccc(F)cc3)c2-n2cccc2)CC1. The second-order valence-corrected chi connectivity index (χ2v) is 6.99. The minimum Gasteiger partial charge on any atom is -0.336 e. The zero-order chi connectivity index (χ0) is 19.7. The van der Waals surface area contributed by atoms with Crippen LogP contribution in [0, 0.1) is 12.7 Å². The van der Waals surface area contributed by atoms with Crippen LogP contribution in [0.15, 0.2) is 48.8 Å². The Bertz CT molecular complexity index is 954. The second kappa shape index (κ2) is 7.59. The first-order valence-electron chi connectivity index (χ1n) is 9.59. The number of hydrogen-bond acceptors (Lipinski definition) is 3. The quantitative estimate of drug-likeness (QED) is 0.698. The molecular weight excluding hydrogens is 357 g/mol. The standard InChI is InChI=1S/C21H24FN5O/c1-3-24-12-14-26(15-13-24)21(28)19-16(2)23-27(18-8-6-17(22)7-9-18)20(19)25-10-4-5-11-25/h4-11H,3,12-15H2,1-2H3. The smallest absolute Gasteiger partial charge is 0.259 e. The summed E-state index contributed by atoms with van der Waals surface area (Å²) in [6.07, 6.45) is 3.78. The van der Waals surface area contributed by atoms with Gasteiger partial charge in [-0.3, -0.25) is 4.79 Å². The second-order valence-electron chi connectivity index (χ2n) is 6.99. The van der Waals surface area contributed by atoms with Gasteiger partial charge >= 0.3 is 0 Å². The predicted molar refractivity (Wildman–Crippen MR) is 106 cm³/mol. The monoisotopic (exact) mass is 381 g/mol. The first-order valence-corrected chi connectivity index (χ1v) is 9.59. The van der Waals surface area contributed by atoms with Crippen LogP contribution >= 0.6 is 0 Å². The van der Waals surface area contributed by atoms with Crippen LogP contribution < -0.4 is 0 Å². The molecule has 0 spiro atoms. The minimum atomic E-state index is -0.305. The van der Waals surface area contributed by atoms with Crippen molar-refractivity contribution < 1.29 is 9.18 Å².